The molecule has 6 heteroatoms. The summed E-state index contributed by atoms with van der Waals surface area (Å²) in [5.41, 5.74) is 4.54. The van der Waals surface area contributed by atoms with Crippen LogP contribution in [0.4, 0.5) is 0 Å². The molecule has 0 spiro atoms. The number of unbranched alkanes of at least 4 members (excludes halogenated alkanes) is 3. The van der Waals surface area contributed by atoms with Gasteiger partial charge < -0.3 is 20.9 Å². The molecular weight excluding hydrogens is 260 g/mol. The van der Waals surface area contributed by atoms with Gasteiger partial charge in [-0.1, -0.05) is 12.8 Å². The van der Waals surface area contributed by atoms with Crippen LogP contribution in [0.25, 0.3) is 0 Å². The van der Waals surface area contributed by atoms with E-state index in [0.717, 1.165) is 25.7 Å². The number of hydrogen-bond acceptors (Lipinski definition) is 4. The van der Waals surface area contributed by atoms with Gasteiger partial charge in [0.05, 0.1) is 5.41 Å². The first-order chi connectivity index (χ1) is 9.60. The highest BCUT2D eigenvalue weighted by molar-refractivity contribution is 5.79. The molecule has 1 saturated heterocycles. The van der Waals surface area contributed by atoms with E-state index in [1.807, 2.05) is 0 Å². The number of carbonyl (C=O) groups excluding carboxylic acids is 1. The number of carbonyl (C=O) groups is 2. The topological polar surface area (TPSA) is 102 Å². The summed E-state index contributed by atoms with van der Waals surface area (Å²) in [6, 6.07) is 0. The van der Waals surface area contributed by atoms with E-state index in [9.17, 15) is 14.7 Å². The highest BCUT2D eigenvalue weighted by atomic mass is 16.5. The summed E-state index contributed by atoms with van der Waals surface area (Å²) >= 11 is 0. The third-order valence-corrected chi connectivity index (χ3v) is 3.89. The monoisotopic (exact) mass is 286 g/mol. The molecular formula is C14H26N2O4. The zero-order valence-electron chi connectivity index (χ0n) is 12.0. The number of rotatable bonds is 9. The maximum absolute atomic E-state index is 11.7. The number of carboxylic acids is 1. The minimum absolute atomic E-state index is 0.0649. The van der Waals surface area contributed by atoms with Gasteiger partial charge in [0.15, 0.2) is 0 Å². The molecule has 0 bridgehead atoms. The molecule has 1 fully saturated rings. The van der Waals surface area contributed by atoms with Gasteiger partial charge in [-0.2, -0.15) is 0 Å². The van der Waals surface area contributed by atoms with Gasteiger partial charge in [-0.05, 0) is 32.2 Å². The van der Waals surface area contributed by atoms with Crippen LogP contribution in [0.1, 0.15) is 44.9 Å². The smallest absolute Gasteiger partial charge is 0.311 e. The molecule has 0 radical (unpaired) electrons. The van der Waals surface area contributed by atoms with E-state index in [1.165, 1.54) is 0 Å². The van der Waals surface area contributed by atoms with E-state index in [2.05, 4.69) is 5.32 Å². The van der Waals surface area contributed by atoms with Crippen molar-refractivity contribution in [2.75, 3.05) is 26.3 Å². The fraction of sp³-hybridized carbons (Fsp3) is 0.857. The van der Waals surface area contributed by atoms with Crippen LogP contribution in [0.3, 0.4) is 0 Å². The third kappa shape index (κ3) is 5.46. The first kappa shape index (κ1) is 16.9. The van der Waals surface area contributed by atoms with E-state index in [4.69, 9.17) is 10.5 Å². The lowest BCUT2D eigenvalue weighted by Gasteiger charge is -2.33. The molecule has 0 aromatic heterocycles. The molecule has 1 amide bonds. The standard InChI is InChI=1S/C14H26N2O4/c15-8-4-2-1-3-5-12(17)16-11-14(13(18)19)6-9-20-10-7-14/h1-11,15H2,(H,16,17)(H,18,19). The van der Waals surface area contributed by atoms with Crippen LogP contribution in [0.5, 0.6) is 0 Å². The number of nitrogens with one attached hydrogen (secondary N) is 1. The molecule has 1 aliphatic rings. The second-order valence-corrected chi connectivity index (χ2v) is 5.43. The van der Waals surface area contributed by atoms with Crippen molar-refractivity contribution in [2.45, 2.75) is 44.9 Å². The molecule has 0 atom stereocenters. The van der Waals surface area contributed by atoms with Crippen molar-refractivity contribution >= 4 is 11.9 Å². The van der Waals surface area contributed by atoms with Crippen molar-refractivity contribution < 1.29 is 19.4 Å². The van der Waals surface area contributed by atoms with Crippen molar-refractivity contribution in [1.29, 1.82) is 0 Å². The number of hydrogen-bond donors (Lipinski definition) is 3. The summed E-state index contributed by atoms with van der Waals surface area (Å²) in [4.78, 5) is 23.1. The van der Waals surface area contributed by atoms with Crippen molar-refractivity contribution in [2.24, 2.45) is 11.1 Å². The Balaban J connectivity index is 2.25. The average Bonchev–Trinajstić information content (AvgIpc) is 2.46. The number of aliphatic carboxylic acids is 1. The Labute approximate surface area is 120 Å². The first-order valence-electron chi connectivity index (χ1n) is 7.39. The Bertz CT molecular complexity index is 314. The average molecular weight is 286 g/mol. The Kier molecular flexibility index (Phi) is 7.54. The van der Waals surface area contributed by atoms with E-state index < -0.39 is 11.4 Å². The summed E-state index contributed by atoms with van der Waals surface area (Å²) in [5, 5.41) is 12.1. The molecule has 4 N–H and O–H groups in total. The van der Waals surface area contributed by atoms with E-state index >= 15 is 0 Å². The van der Waals surface area contributed by atoms with Gasteiger partial charge in [-0.3, -0.25) is 9.59 Å². The van der Waals surface area contributed by atoms with Crippen LogP contribution < -0.4 is 11.1 Å². The van der Waals surface area contributed by atoms with E-state index in [-0.39, 0.29) is 12.5 Å². The maximum Gasteiger partial charge on any atom is 0.311 e. The van der Waals surface area contributed by atoms with Crippen LogP contribution in [0, 0.1) is 5.41 Å². The zero-order chi connectivity index (χ0) is 14.8. The van der Waals surface area contributed by atoms with Crippen LogP contribution in [-0.4, -0.2) is 43.3 Å². The fourth-order valence-corrected chi connectivity index (χ4v) is 2.37. The largest absolute Gasteiger partial charge is 0.481 e. The van der Waals surface area contributed by atoms with Crippen molar-refractivity contribution in [3.63, 3.8) is 0 Å². The summed E-state index contributed by atoms with van der Waals surface area (Å²) in [7, 11) is 0. The minimum Gasteiger partial charge on any atom is -0.481 e. The Morgan fingerprint density at radius 3 is 2.40 bits per heavy atom. The van der Waals surface area contributed by atoms with Crippen LogP contribution in [-0.2, 0) is 14.3 Å². The van der Waals surface area contributed by atoms with Gasteiger partial charge in [-0.15, -0.1) is 0 Å². The number of amides is 1. The van der Waals surface area contributed by atoms with Gasteiger partial charge >= 0.3 is 5.97 Å². The van der Waals surface area contributed by atoms with Gasteiger partial charge in [0, 0.05) is 26.2 Å². The SMILES string of the molecule is NCCCCCCC(=O)NCC1(C(=O)O)CCOCC1. The molecule has 6 nitrogen and oxygen atoms in total. The van der Waals surface area contributed by atoms with Crippen LogP contribution in [0.2, 0.25) is 0 Å². The van der Waals surface area contributed by atoms with Crippen molar-refractivity contribution in [3.05, 3.63) is 0 Å². The summed E-state index contributed by atoms with van der Waals surface area (Å²) in [6.45, 7) is 1.78. The van der Waals surface area contributed by atoms with Gasteiger partial charge in [-0.25, -0.2) is 0 Å². The zero-order valence-corrected chi connectivity index (χ0v) is 12.0. The van der Waals surface area contributed by atoms with Crippen molar-refractivity contribution in [3.8, 4) is 0 Å². The lowest BCUT2D eigenvalue weighted by Crippen LogP contribution is -2.46. The molecule has 0 aromatic rings. The number of nitrogens with two attached hydrogens (primary N) is 1. The van der Waals surface area contributed by atoms with Crippen LogP contribution in [0.15, 0.2) is 0 Å². The molecule has 1 aliphatic heterocycles. The molecule has 0 aromatic carbocycles. The quantitative estimate of drug-likeness (QED) is 0.546. The first-order valence-corrected chi connectivity index (χ1v) is 7.39. The third-order valence-electron chi connectivity index (χ3n) is 3.89. The maximum atomic E-state index is 11.7. The van der Waals surface area contributed by atoms with Gasteiger partial charge in [0.2, 0.25) is 5.91 Å². The lowest BCUT2D eigenvalue weighted by molar-refractivity contribution is -0.154. The molecule has 0 saturated carbocycles. The minimum atomic E-state index is -0.854. The molecule has 20 heavy (non-hydrogen) atoms. The normalized spacial score (nSPS) is 17.6. The summed E-state index contributed by atoms with van der Waals surface area (Å²) in [6.07, 6.45) is 5.22. The molecule has 0 aliphatic carbocycles. The predicted octanol–water partition coefficient (Wildman–Crippen LogP) is 0.893. The van der Waals surface area contributed by atoms with E-state index in [0.29, 0.717) is 39.0 Å². The number of carboxylic acid groups (broad SMARTS) is 1. The highest BCUT2D eigenvalue weighted by Gasteiger charge is 2.40. The van der Waals surface area contributed by atoms with Crippen LogP contribution >= 0.6 is 0 Å². The molecule has 1 heterocycles. The molecule has 1 rings (SSSR count). The van der Waals surface area contributed by atoms with Crippen molar-refractivity contribution in [1.82, 2.24) is 5.32 Å². The predicted molar refractivity (Wildman–Crippen MR) is 75.3 cm³/mol. The Morgan fingerprint density at radius 2 is 1.80 bits per heavy atom. The Hall–Kier alpha value is -1.14. The van der Waals surface area contributed by atoms with E-state index in [1.54, 1.807) is 0 Å². The second-order valence-electron chi connectivity index (χ2n) is 5.43. The van der Waals surface area contributed by atoms with Gasteiger partial charge in [0.25, 0.3) is 0 Å². The lowest BCUT2D eigenvalue weighted by atomic mass is 9.80. The summed E-state index contributed by atoms with van der Waals surface area (Å²) in [5.74, 6) is -0.908. The fourth-order valence-electron chi connectivity index (χ4n) is 2.37. The molecule has 0 unspecified atom stereocenters. The van der Waals surface area contributed by atoms with Gasteiger partial charge in [0.1, 0.15) is 0 Å². The molecule has 116 valence electrons. The second kappa shape index (κ2) is 8.92. The Morgan fingerprint density at radius 1 is 1.15 bits per heavy atom. The highest BCUT2D eigenvalue weighted by Crippen LogP contribution is 2.30. The number of ether oxygens (including phenoxy) is 1. The summed E-state index contributed by atoms with van der Waals surface area (Å²) < 4.78 is 5.20.